The van der Waals surface area contributed by atoms with Crippen molar-refractivity contribution in [2.75, 3.05) is 46.4 Å². The lowest BCUT2D eigenvalue weighted by Gasteiger charge is -2.28. The fourth-order valence-electron chi connectivity index (χ4n) is 4.57. The SMILES string of the molecule is CN1CCCC(F)C1.COCOc1cc(C)ccc1-c1nnc(N)c2c1COCC21CC1. The van der Waals surface area contributed by atoms with Gasteiger partial charge in [0.1, 0.15) is 23.4 Å². The Morgan fingerprint density at radius 3 is 2.78 bits per heavy atom. The van der Waals surface area contributed by atoms with Crippen LogP contribution >= 0.6 is 0 Å². The Bertz CT molecular complexity index is 943. The molecule has 1 aliphatic carbocycles. The number of benzene rings is 1. The third kappa shape index (κ3) is 4.87. The van der Waals surface area contributed by atoms with Crippen molar-refractivity contribution < 1.29 is 18.6 Å². The summed E-state index contributed by atoms with van der Waals surface area (Å²) in [6.45, 7) is 5.14. The van der Waals surface area contributed by atoms with Gasteiger partial charge in [0, 0.05) is 35.8 Å². The lowest BCUT2D eigenvalue weighted by Crippen LogP contribution is -2.32. The molecule has 8 heteroatoms. The zero-order valence-electron chi connectivity index (χ0n) is 19.2. The van der Waals surface area contributed by atoms with E-state index >= 15 is 0 Å². The van der Waals surface area contributed by atoms with Crippen LogP contribution in [-0.2, 0) is 21.5 Å². The molecule has 3 aliphatic rings. The van der Waals surface area contributed by atoms with Gasteiger partial charge in [-0.3, -0.25) is 0 Å². The Hall–Kier alpha value is -2.29. The van der Waals surface area contributed by atoms with Crippen molar-refractivity contribution in [1.29, 1.82) is 0 Å². The summed E-state index contributed by atoms with van der Waals surface area (Å²) in [4.78, 5) is 2.04. The number of piperidine rings is 1. The van der Waals surface area contributed by atoms with Crippen LogP contribution in [0.25, 0.3) is 11.3 Å². The number of hydrogen-bond acceptors (Lipinski definition) is 7. The van der Waals surface area contributed by atoms with Crippen LogP contribution in [-0.4, -0.2) is 61.9 Å². The summed E-state index contributed by atoms with van der Waals surface area (Å²) in [5.74, 6) is 1.26. The highest BCUT2D eigenvalue weighted by Gasteiger charge is 2.50. The molecule has 3 heterocycles. The van der Waals surface area contributed by atoms with Gasteiger partial charge in [0.15, 0.2) is 6.79 Å². The molecule has 1 atom stereocenters. The highest BCUT2D eigenvalue weighted by atomic mass is 19.1. The predicted octanol–water partition coefficient (Wildman–Crippen LogP) is 3.63. The average Bonchev–Trinajstić information content (AvgIpc) is 3.53. The van der Waals surface area contributed by atoms with E-state index in [1.165, 1.54) is 0 Å². The number of fused-ring (bicyclic) bond motifs is 2. The zero-order chi connectivity index (χ0) is 22.7. The largest absolute Gasteiger partial charge is 0.467 e. The van der Waals surface area contributed by atoms with Gasteiger partial charge in [-0.25, -0.2) is 4.39 Å². The number of nitrogens with zero attached hydrogens (tertiary/aromatic N) is 3. The fraction of sp³-hybridized carbons (Fsp3) is 0.583. The molecular weight excluding hydrogens is 411 g/mol. The second-order valence-corrected chi connectivity index (χ2v) is 9.11. The Kier molecular flexibility index (Phi) is 6.93. The minimum atomic E-state index is -0.561. The first-order valence-electron chi connectivity index (χ1n) is 11.2. The molecule has 5 rings (SSSR count). The number of ether oxygens (including phenoxy) is 3. The Morgan fingerprint density at radius 1 is 1.31 bits per heavy atom. The highest BCUT2D eigenvalue weighted by Crippen LogP contribution is 2.54. The summed E-state index contributed by atoms with van der Waals surface area (Å²) in [6.07, 6.45) is 3.42. The molecule has 2 aromatic rings. The number of nitrogen functional groups attached to an aromatic ring is 1. The van der Waals surface area contributed by atoms with Crippen LogP contribution in [0.1, 0.15) is 42.4 Å². The lowest BCUT2D eigenvalue weighted by atomic mass is 9.88. The minimum Gasteiger partial charge on any atom is -0.467 e. The van der Waals surface area contributed by atoms with Crippen LogP contribution < -0.4 is 10.5 Å². The van der Waals surface area contributed by atoms with Gasteiger partial charge in [-0.05, 0) is 63.9 Å². The number of likely N-dealkylation sites (tertiary alicyclic amines) is 1. The number of aryl methyl sites for hydroxylation is 1. The van der Waals surface area contributed by atoms with Gasteiger partial charge in [0.2, 0.25) is 0 Å². The van der Waals surface area contributed by atoms with Gasteiger partial charge in [-0.15, -0.1) is 10.2 Å². The Labute approximate surface area is 189 Å². The van der Waals surface area contributed by atoms with Crippen molar-refractivity contribution >= 4 is 5.82 Å². The van der Waals surface area contributed by atoms with Gasteiger partial charge in [0.05, 0.1) is 13.2 Å². The number of rotatable bonds is 4. The van der Waals surface area contributed by atoms with Crippen LogP contribution in [0.2, 0.25) is 0 Å². The van der Waals surface area contributed by atoms with E-state index < -0.39 is 6.17 Å². The first-order chi connectivity index (χ1) is 15.4. The number of nitrogens with two attached hydrogens (primary N) is 1. The van der Waals surface area contributed by atoms with E-state index in [-0.39, 0.29) is 12.2 Å². The summed E-state index contributed by atoms with van der Waals surface area (Å²) >= 11 is 0. The molecule has 0 radical (unpaired) electrons. The monoisotopic (exact) mass is 444 g/mol. The third-order valence-corrected chi connectivity index (χ3v) is 6.40. The number of alkyl halides is 1. The van der Waals surface area contributed by atoms with Gasteiger partial charge in [-0.1, -0.05) is 6.07 Å². The topological polar surface area (TPSA) is 82.7 Å². The van der Waals surface area contributed by atoms with Gasteiger partial charge < -0.3 is 24.8 Å². The number of methoxy groups -OCH3 is 1. The normalized spacial score (nSPS) is 21.4. The van der Waals surface area contributed by atoms with Crippen LogP contribution in [0.5, 0.6) is 5.75 Å². The Balaban J connectivity index is 0.000000260. The summed E-state index contributed by atoms with van der Waals surface area (Å²) < 4.78 is 29.0. The van der Waals surface area contributed by atoms with Crippen molar-refractivity contribution in [3.8, 4) is 17.0 Å². The molecule has 1 saturated carbocycles. The maximum absolute atomic E-state index is 12.4. The van der Waals surface area contributed by atoms with E-state index in [9.17, 15) is 4.39 Å². The van der Waals surface area contributed by atoms with E-state index in [0.717, 1.165) is 72.5 Å². The minimum absolute atomic E-state index is 0.0423. The quantitative estimate of drug-likeness (QED) is 0.721. The van der Waals surface area contributed by atoms with Crippen LogP contribution in [0.4, 0.5) is 10.2 Å². The Morgan fingerprint density at radius 2 is 2.12 bits per heavy atom. The van der Waals surface area contributed by atoms with Crippen molar-refractivity contribution in [3.05, 3.63) is 34.9 Å². The lowest BCUT2D eigenvalue weighted by molar-refractivity contribution is 0.0514. The third-order valence-electron chi connectivity index (χ3n) is 6.40. The van der Waals surface area contributed by atoms with E-state index in [4.69, 9.17) is 19.9 Å². The molecule has 0 bridgehead atoms. The number of halogens is 1. The predicted molar refractivity (Wildman–Crippen MR) is 121 cm³/mol. The zero-order valence-corrected chi connectivity index (χ0v) is 19.2. The average molecular weight is 445 g/mol. The molecule has 1 saturated heterocycles. The van der Waals surface area contributed by atoms with E-state index in [2.05, 4.69) is 10.2 Å². The second kappa shape index (κ2) is 9.68. The van der Waals surface area contributed by atoms with Gasteiger partial charge in [-0.2, -0.15) is 0 Å². The van der Waals surface area contributed by atoms with Crippen molar-refractivity contribution in [3.63, 3.8) is 0 Å². The highest BCUT2D eigenvalue weighted by molar-refractivity contribution is 5.74. The molecule has 2 aliphatic heterocycles. The number of hydrogen-bond donors (Lipinski definition) is 1. The molecule has 7 nitrogen and oxygen atoms in total. The van der Waals surface area contributed by atoms with Crippen molar-refractivity contribution in [2.24, 2.45) is 0 Å². The van der Waals surface area contributed by atoms with Crippen LogP contribution in [0.15, 0.2) is 18.2 Å². The van der Waals surface area contributed by atoms with Gasteiger partial charge in [0.25, 0.3) is 0 Å². The molecule has 0 amide bonds. The van der Waals surface area contributed by atoms with Crippen molar-refractivity contribution in [2.45, 2.75) is 50.8 Å². The van der Waals surface area contributed by atoms with Crippen LogP contribution in [0, 0.1) is 6.92 Å². The standard InChI is InChI=1S/C18H21N3O3.C6H12FN/c1-11-3-4-12(14(7-11)24-10-22-2)16-13-8-23-9-18(5-6-18)15(13)17(19)21-20-16;1-8-4-2-3-6(7)5-8/h3-4,7H,5-6,8-10H2,1-2H3,(H2,19,21);6H,2-5H2,1H3. The fourth-order valence-corrected chi connectivity index (χ4v) is 4.57. The molecule has 1 aromatic heterocycles. The molecule has 1 unspecified atom stereocenters. The molecule has 32 heavy (non-hydrogen) atoms. The molecular formula is C24H33FN4O3. The smallest absolute Gasteiger partial charge is 0.188 e. The van der Waals surface area contributed by atoms with E-state index in [1.807, 2.05) is 37.1 Å². The molecule has 174 valence electrons. The first kappa shape index (κ1) is 22.9. The summed E-state index contributed by atoms with van der Waals surface area (Å²) in [5.41, 5.74) is 11.2. The summed E-state index contributed by atoms with van der Waals surface area (Å²) in [7, 11) is 3.57. The summed E-state index contributed by atoms with van der Waals surface area (Å²) in [6, 6.07) is 6.03. The van der Waals surface area contributed by atoms with E-state index in [0.29, 0.717) is 19.0 Å². The van der Waals surface area contributed by atoms with Crippen molar-refractivity contribution in [1.82, 2.24) is 15.1 Å². The molecule has 2 N–H and O–H groups in total. The first-order valence-corrected chi connectivity index (χ1v) is 11.2. The molecule has 1 spiro atoms. The second-order valence-electron chi connectivity index (χ2n) is 9.11. The maximum atomic E-state index is 12.4. The van der Waals surface area contributed by atoms with E-state index in [1.54, 1.807) is 7.11 Å². The van der Waals surface area contributed by atoms with Crippen LogP contribution in [0.3, 0.4) is 0 Å². The summed E-state index contributed by atoms with van der Waals surface area (Å²) in [5, 5.41) is 8.61. The molecule has 2 fully saturated rings. The molecule has 1 aromatic carbocycles. The maximum Gasteiger partial charge on any atom is 0.188 e. The van der Waals surface area contributed by atoms with Gasteiger partial charge >= 0.3 is 0 Å². The number of anilines is 1. The number of aromatic nitrogens is 2.